The Labute approximate surface area is 146 Å². The molecule has 0 bridgehead atoms. The van der Waals surface area contributed by atoms with Crippen LogP contribution >= 0.6 is 23.2 Å². The van der Waals surface area contributed by atoms with E-state index >= 15 is 0 Å². The van der Waals surface area contributed by atoms with Gasteiger partial charge in [0, 0.05) is 23.1 Å². The molecule has 6 heteroatoms. The molecule has 1 amide bonds. The van der Waals surface area contributed by atoms with Gasteiger partial charge in [0.15, 0.2) is 6.61 Å². The smallest absolute Gasteiger partial charge is 0.310 e. The number of ether oxygens (including phenoxy) is 1. The van der Waals surface area contributed by atoms with Gasteiger partial charge in [0.2, 0.25) is 0 Å². The summed E-state index contributed by atoms with van der Waals surface area (Å²) < 4.78 is 5.09. The lowest BCUT2D eigenvalue weighted by Crippen LogP contribution is -2.44. The Kier molecular flexibility index (Phi) is 6.31. The summed E-state index contributed by atoms with van der Waals surface area (Å²) in [5.74, 6) is 0.345. The molecule has 1 aromatic rings. The SMILES string of the molecule is C[C@@H]1C[C@@H](C)CN(C(=O)COC(=O)Cc2ccc(Cl)cc2Cl)C1. The van der Waals surface area contributed by atoms with Gasteiger partial charge in [-0.2, -0.15) is 0 Å². The number of hydrogen-bond acceptors (Lipinski definition) is 3. The van der Waals surface area contributed by atoms with E-state index in [1.54, 1.807) is 23.1 Å². The summed E-state index contributed by atoms with van der Waals surface area (Å²) in [5.41, 5.74) is 0.633. The van der Waals surface area contributed by atoms with Crippen LogP contribution in [0.3, 0.4) is 0 Å². The standard InChI is InChI=1S/C17H21Cl2NO3/c1-11-5-12(2)9-20(8-11)16(21)10-23-17(22)6-13-3-4-14(18)7-15(13)19/h3-4,7,11-12H,5-6,8-10H2,1-2H3/t11-,12-/m1/s1. The van der Waals surface area contributed by atoms with Crippen molar-refractivity contribution in [3.63, 3.8) is 0 Å². The van der Waals surface area contributed by atoms with Crippen molar-refractivity contribution in [1.29, 1.82) is 0 Å². The zero-order valence-electron chi connectivity index (χ0n) is 13.4. The second-order valence-electron chi connectivity index (χ2n) is 6.32. The molecule has 1 aliphatic rings. The molecule has 0 radical (unpaired) electrons. The number of hydrogen-bond donors (Lipinski definition) is 0. The van der Waals surface area contributed by atoms with E-state index in [4.69, 9.17) is 27.9 Å². The Morgan fingerprint density at radius 1 is 1.22 bits per heavy atom. The summed E-state index contributed by atoms with van der Waals surface area (Å²) in [6.07, 6.45) is 1.15. The van der Waals surface area contributed by atoms with Crippen LogP contribution in [0.25, 0.3) is 0 Å². The first-order valence-corrected chi connectivity index (χ1v) is 8.48. The van der Waals surface area contributed by atoms with Crippen LogP contribution in [0.4, 0.5) is 0 Å². The number of esters is 1. The maximum Gasteiger partial charge on any atom is 0.310 e. The molecule has 1 heterocycles. The van der Waals surface area contributed by atoms with Gasteiger partial charge < -0.3 is 9.64 Å². The third kappa shape index (κ3) is 5.40. The molecule has 1 aliphatic heterocycles. The molecule has 0 unspecified atom stereocenters. The Morgan fingerprint density at radius 3 is 2.48 bits per heavy atom. The minimum absolute atomic E-state index is 0.0239. The summed E-state index contributed by atoms with van der Waals surface area (Å²) in [6.45, 7) is 5.49. The summed E-state index contributed by atoms with van der Waals surface area (Å²) in [6, 6.07) is 4.92. The first kappa shape index (κ1) is 18.1. The largest absolute Gasteiger partial charge is 0.455 e. The number of piperidine rings is 1. The average molecular weight is 358 g/mol. The number of benzene rings is 1. The quantitative estimate of drug-likeness (QED) is 0.773. The van der Waals surface area contributed by atoms with E-state index in [1.807, 2.05) is 0 Å². The van der Waals surface area contributed by atoms with E-state index < -0.39 is 5.97 Å². The van der Waals surface area contributed by atoms with Crippen molar-refractivity contribution < 1.29 is 14.3 Å². The Hall–Kier alpha value is -1.26. The number of likely N-dealkylation sites (tertiary alicyclic amines) is 1. The number of carbonyl (C=O) groups is 2. The lowest BCUT2D eigenvalue weighted by atomic mass is 9.92. The lowest BCUT2D eigenvalue weighted by molar-refractivity contribution is -0.152. The Morgan fingerprint density at radius 2 is 1.87 bits per heavy atom. The molecule has 1 saturated heterocycles. The average Bonchev–Trinajstić information content (AvgIpc) is 2.46. The molecule has 126 valence electrons. The van der Waals surface area contributed by atoms with E-state index in [2.05, 4.69) is 13.8 Å². The van der Waals surface area contributed by atoms with Crippen molar-refractivity contribution in [2.75, 3.05) is 19.7 Å². The fourth-order valence-corrected chi connectivity index (χ4v) is 3.45. The summed E-state index contributed by atoms with van der Waals surface area (Å²) >= 11 is 11.8. The van der Waals surface area contributed by atoms with Gasteiger partial charge in [-0.25, -0.2) is 0 Å². The van der Waals surface area contributed by atoms with Crippen molar-refractivity contribution in [2.24, 2.45) is 11.8 Å². The molecule has 1 aromatic carbocycles. The van der Waals surface area contributed by atoms with Gasteiger partial charge in [-0.1, -0.05) is 43.1 Å². The van der Waals surface area contributed by atoms with Gasteiger partial charge >= 0.3 is 5.97 Å². The van der Waals surface area contributed by atoms with Gasteiger partial charge in [0.05, 0.1) is 6.42 Å². The highest BCUT2D eigenvalue weighted by Crippen LogP contribution is 2.22. The highest BCUT2D eigenvalue weighted by atomic mass is 35.5. The number of carbonyl (C=O) groups excluding carboxylic acids is 2. The fraction of sp³-hybridized carbons (Fsp3) is 0.529. The normalized spacial score (nSPS) is 21.1. The predicted octanol–water partition coefficient (Wildman–Crippen LogP) is 3.58. The van der Waals surface area contributed by atoms with Crippen molar-refractivity contribution in [3.05, 3.63) is 33.8 Å². The molecular formula is C17H21Cl2NO3. The monoisotopic (exact) mass is 357 g/mol. The minimum Gasteiger partial charge on any atom is -0.455 e. The summed E-state index contributed by atoms with van der Waals surface area (Å²) in [7, 11) is 0. The van der Waals surface area contributed by atoms with Crippen LogP contribution in [0.5, 0.6) is 0 Å². The zero-order valence-corrected chi connectivity index (χ0v) is 14.9. The molecule has 4 nitrogen and oxygen atoms in total. The lowest BCUT2D eigenvalue weighted by Gasteiger charge is -2.34. The second-order valence-corrected chi connectivity index (χ2v) is 7.16. The van der Waals surface area contributed by atoms with E-state index in [-0.39, 0.29) is 18.9 Å². The predicted molar refractivity (Wildman–Crippen MR) is 90.7 cm³/mol. The third-order valence-electron chi connectivity index (χ3n) is 3.93. The molecular weight excluding hydrogens is 337 g/mol. The van der Waals surface area contributed by atoms with Gasteiger partial charge in [-0.3, -0.25) is 9.59 Å². The maximum absolute atomic E-state index is 12.2. The highest BCUT2D eigenvalue weighted by molar-refractivity contribution is 6.35. The molecule has 0 aliphatic carbocycles. The number of rotatable bonds is 4. The van der Waals surface area contributed by atoms with Crippen LogP contribution in [0.2, 0.25) is 10.0 Å². The molecule has 0 spiro atoms. The van der Waals surface area contributed by atoms with E-state index in [0.29, 0.717) is 27.4 Å². The molecule has 0 aromatic heterocycles. The Bertz CT molecular complexity index is 581. The number of nitrogens with zero attached hydrogens (tertiary/aromatic N) is 1. The van der Waals surface area contributed by atoms with Gasteiger partial charge in [0.25, 0.3) is 5.91 Å². The van der Waals surface area contributed by atoms with Crippen LogP contribution in [-0.4, -0.2) is 36.5 Å². The first-order valence-electron chi connectivity index (χ1n) is 7.72. The van der Waals surface area contributed by atoms with E-state index in [9.17, 15) is 9.59 Å². The second kappa shape index (κ2) is 8.02. The van der Waals surface area contributed by atoms with Crippen LogP contribution in [0.15, 0.2) is 18.2 Å². The first-order chi connectivity index (χ1) is 10.8. The number of halogens is 2. The maximum atomic E-state index is 12.2. The third-order valence-corrected chi connectivity index (χ3v) is 4.52. The zero-order chi connectivity index (χ0) is 17.0. The highest BCUT2D eigenvalue weighted by Gasteiger charge is 2.25. The molecule has 0 N–H and O–H groups in total. The van der Waals surface area contributed by atoms with Crippen molar-refractivity contribution in [1.82, 2.24) is 4.90 Å². The van der Waals surface area contributed by atoms with Crippen LogP contribution in [0, 0.1) is 11.8 Å². The number of amides is 1. The van der Waals surface area contributed by atoms with E-state index in [1.165, 1.54) is 0 Å². The summed E-state index contributed by atoms with van der Waals surface area (Å²) in [4.78, 5) is 25.8. The Balaban J connectivity index is 1.83. The fourth-order valence-electron chi connectivity index (χ4n) is 2.97. The molecule has 0 saturated carbocycles. The van der Waals surface area contributed by atoms with Crippen molar-refractivity contribution >= 4 is 35.1 Å². The van der Waals surface area contributed by atoms with E-state index in [0.717, 1.165) is 19.5 Å². The van der Waals surface area contributed by atoms with Crippen molar-refractivity contribution in [3.8, 4) is 0 Å². The van der Waals surface area contributed by atoms with Crippen LogP contribution in [0.1, 0.15) is 25.8 Å². The van der Waals surface area contributed by atoms with Gasteiger partial charge in [-0.05, 0) is 36.0 Å². The minimum atomic E-state index is -0.472. The van der Waals surface area contributed by atoms with Crippen molar-refractivity contribution in [2.45, 2.75) is 26.7 Å². The molecule has 2 atom stereocenters. The van der Waals surface area contributed by atoms with Crippen LogP contribution < -0.4 is 0 Å². The van der Waals surface area contributed by atoms with Gasteiger partial charge in [0.1, 0.15) is 0 Å². The van der Waals surface area contributed by atoms with Gasteiger partial charge in [-0.15, -0.1) is 0 Å². The topological polar surface area (TPSA) is 46.6 Å². The van der Waals surface area contributed by atoms with Crippen LogP contribution in [-0.2, 0) is 20.7 Å². The molecule has 2 rings (SSSR count). The summed E-state index contributed by atoms with van der Waals surface area (Å²) in [5, 5.41) is 0.926. The molecule has 1 fully saturated rings. The molecule has 23 heavy (non-hydrogen) atoms.